The second kappa shape index (κ2) is 6.76. The largest absolute Gasteiger partial charge is 0.318 e. The van der Waals surface area contributed by atoms with E-state index in [1.165, 1.54) is 0 Å². The second-order valence-corrected chi connectivity index (χ2v) is 8.06. The van der Waals surface area contributed by atoms with E-state index in [2.05, 4.69) is 15.1 Å². The van der Waals surface area contributed by atoms with Crippen molar-refractivity contribution in [2.45, 2.75) is 44.8 Å². The van der Waals surface area contributed by atoms with E-state index in [0.717, 1.165) is 52.1 Å². The van der Waals surface area contributed by atoms with Crippen molar-refractivity contribution in [1.82, 2.24) is 29.3 Å². The molecule has 0 saturated heterocycles. The molecule has 0 bridgehead atoms. The number of hydrogen-bond acceptors (Lipinski definition) is 4. The normalized spacial score (nSPS) is 16.0. The van der Waals surface area contributed by atoms with Gasteiger partial charge in [-0.25, -0.2) is 14.4 Å². The molecule has 1 fully saturated rings. The zero-order valence-electron chi connectivity index (χ0n) is 16.6. The zero-order valence-corrected chi connectivity index (χ0v) is 16.6. The van der Waals surface area contributed by atoms with Crippen LogP contribution in [0.2, 0.25) is 0 Å². The lowest BCUT2D eigenvalue weighted by atomic mass is 10.0. The Morgan fingerprint density at radius 2 is 1.93 bits per heavy atom. The lowest BCUT2D eigenvalue weighted by Crippen LogP contribution is -2.25. The number of nitrogens with zero attached hydrogens (tertiary/aromatic N) is 6. The Morgan fingerprint density at radius 1 is 1.10 bits per heavy atom. The van der Waals surface area contributed by atoms with E-state index >= 15 is 0 Å². The lowest BCUT2D eigenvalue weighted by molar-refractivity contribution is 0.139. The maximum atomic E-state index is 14.9. The van der Waals surface area contributed by atoms with Crippen molar-refractivity contribution in [2.24, 2.45) is 7.05 Å². The van der Waals surface area contributed by atoms with Gasteiger partial charge in [-0.1, -0.05) is 18.9 Å². The van der Waals surface area contributed by atoms with Crippen LogP contribution in [-0.4, -0.2) is 35.0 Å². The Morgan fingerprint density at radius 3 is 2.76 bits per heavy atom. The molecule has 148 valence electrons. The van der Waals surface area contributed by atoms with Gasteiger partial charge in [0.05, 0.1) is 24.8 Å². The maximum absolute atomic E-state index is 14.9. The van der Waals surface area contributed by atoms with Gasteiger partial charge >= 0.3 is 0 Å². The highest BCUT2D eigenvalue weighted by Gasteiger charge is 2.34. The van der Waals surface area contributed by atoms with Crippen molar-refractivity contribution < 1.29 is 4.39 Å². The topological polar surface area (TPSA) is 61.4 Å². The fourth-order valence-corrected chi connectivity index (χ4v) is 4.20. The van der Waals surface area contributed by atoms with Gasteiger partial charge in [-0.05, 0) is 31.9 Å². The summed E-state index contributed by atoms with van der Waals surface area (Å²) >= 11 is 0. The zero-order chi connectivity index (χ0) is 20.0. The molecule has 4 aromatic heterocycles. The Hall–Kier alpha value is -3.09. The van der Waals surface area contributed by atoms with Crippen LogP contribution < -0.4 is 0 Å². The smallest absolute Gasteiger partial charge is 0.159 e. The highest BCUT2D eigenvalue weighted by Crippen LogP contribution is 2.36. The van der Waals surface area contributed by atoms with Crippen molar-refractivity contribution in [3.63, 3.8) is 0 Å². The molecule has 1 aliphatic rings. The van der Waals surface area contributed by atoms with Crippen LogP contribution in [0.15, 0.2) is 43.1 Å². The molecule has 0 spiro atoms. The number of imidazole rings is 1. The number of pyridine rings is 2. The summed E-state index contributed by atoms with van der Waals surface area (Å²) in [7, 11) is 1.93. The molecule has 0 amide bonds. The van der Waals surface area contributed by atoms with E-state index in [1.807, 2.05) is 49.1 Å². The minimum Gasteiger partial charge on any atom is -0.318 e. The highest BCUT2D eigenvalue weighted by atomic mass is 19.1. The Labute approximate surface area is 168 Å². The predicted octanol–water partition coefficient (Wildman–Crippen LogP) is 4.48. The molecule has 0 N–H and O–H groups in total. The average Bonchev–Trinajstić information content (AvgIpc) is 3.43. The van der Waals surface area contributed by atoms with Crippen LogP contribution in [0.4, 0.5) is 4.39 Å². The number of aryl methyl sites for hydroxylation is 2. The molecule has 1 saturated carbocycles. The van der Waals surface area contributed by atoms with Gasteiger partial charge in [-0.2, -0.15) is 5.10 Å². The molecule has 6 nitrogen and oxygen atoms in total. The van der Waals surface area contributed by atoms with Crippen LogP contribution in [-0.2, 0) is 13.6 Å². The molecule has 29 heavy (non-hydrogen) atoms. The minimum atomic E-state index is -1.13. The molecule has 0 radical (unpaired) electrons. The van der Waals surface area contributed by atoms with Crippen molar-refractivity contribution in [1.29, 1.82) is 0 Å². The number of fused-ring (bicyclic) bond motifs is 1. The standard InChI is InChI=1S/C22H23FN6/c1-15-5-6-18(17-11-26-29(12-17)13-22(23)7-3-4-8-22)20(27-15)16-9-19-21(24-10-16)28(2)14-25-19/h5-6,9-12,14H,3-4,7-8,13H2,1-2H3. The van der Waals surface area contributed by atoms with Crippen LogP contribution in [0, 0.1) is 6.92 Å². The maximum Gasteiger partial charge on any atom is 0.159 e. The van der Waals surface area contributed by atoms with E-state index in [4.69, 9.17) is 4.98 Å². The Bertz CT molecular complexity index is 1190. The predicted molar refractivity (Wildman–Crippen MR) is 110 cm³/mol. The third kappa shape index (κ3) is 3.30. The molecular weight excluding hydrogens is 367 g/mol. The SMILES string of the molecule is Cc1ccc(-c2cnn(CC3(F)CCCC3)c2)c(-c2cnc3c(c2)ncn3C)n1. The van der Waals surface area contributed by atoms with Gasteiger partial charge in [0.15, 0.2) is 5.65 Å². The van der Waals surface area contributed by atoms with Gasteiger partial charge in [0.2, 0.25) is 0 Å². The number of halogens is 1. The van der Waals surface area contributed by atoms with Crippen LogP contribution in [0.3, 0.4) is 0 Å². The number of rotatable bonds is 4. The first-order valence-corrected chi connectivity index (χ1v) is 9.98. The van der Waals surface area contributed by atoms with Crippen molar-refractivity contribution in [2.75, 3.05) is 0 Å². The molecule has 4 aromatic rings. The van der Waals surface area contributed by atoms with Gasteiger partial charge in [-0.15, -0.1) is 0 Å². The van der Waals surface area contributed by atoms with Crippen LogP contribution in [0.25, 0.3) is 33.5 Å². The summed E-state index contributed by atoms with van der Waals surface area (Å²) in [6, 6.07) is 6.03. The monoisotopic (exact) mass is 390 g/mol. The fourth-order valence-electron chi connectivity index (χ4n) is 4.20. The molecule has 7 heteroatoms. The highest BCUT2D eigenvalue weighted by molar-refractivity contribution is 5.84. The van der Waals surface area contributed by atoms with Crippen molar-refractivity contribution in [3.05, 3.63) is 48.8 Å². The van der Waals surface area contributed by atoms with E-state index in [9.17, 15) is 4.39 Å². The quantitative estimate of drug-likeness (QED) is 0.515. The van der Waals surface area contributed by atoms with Crippen molar-refractivity contribution >= 4 is 11.2 Å². The molecule has 0 atom stereocenters. The van der Waals surface area contributed by atoms with E-state index in [1.54, 1.807) is 17.2 Å². The number of hydrogen-bond donors (Lipinski definition) is 0. The summed E-state index contributed by atoms with van der Waals surface area (Å²) in [6.45, 7) is 2.28. The number of aromatic nitrogens is 6. The van der Waals surface area contributed by atoms with E-state index in [0.29, 0.717) is 19.4 Å². The first-order valence-electron chi connectivity index (χ1n) is 9.98. The summed E-state index contributed by atoms with van der Waals surface area (Å²) < 4.78 is 18.5. The summed E-state index contributed by atoms with van der Waals surface area (Å²) in [5.74, 6) is 0. The third-order valence-corrected chi connectivity index (χ3v) is 5.75. The molecule has 1 aliphatic carbocycles. The lowest BCUT2D eigenvalue weighted by Gasteiger charge is -2.18. The first kappa shape index (κ1) is 18.0. The molecule has 0 aromatic carbocycles. The van der Waals surface area contributed by atoms with Gasteiger partial charge in [0, 0.05) is 41.8 Å². The number of alkyl halides is 1. The van der Waals surface area contributed by atoms with E-state index in [-0.39, 0.29) is 0 Å². The van der Waals surface area contributed by atoms with Gasteiger partial charge in [0.1, 0.15) is 11.2 Å². The summed E-state index contributed by atoms with van der Waals surface area (Å²) in [6.07, 6.45) is 10.5. The van der Waals surface area contributed by atoms with Crippen LogP contribution >= 0.6 is 0 Å². The van der Waals surface area contributed by atoms with Crippen molar-refractivity contribution in [3.8, 4) is 22.4 Å². The Kier molecular flexibility index (Phi) is 4.19. The molecule has 5 rings (SSSR count). The van der Waals surface area contributed by atoms with Gasteiger partial charge in [0.25, 0.3) is 0 Å². The Balaban J connectivity index is 1.54. The van der Waals surface area contributed by atoms with Gasteiger partial charge < -0.3 is 4.57 Å². The second-order valence-electron chi connectivity index (χ2n) is 8.06. The average molecular weight is 390 g/mol. The summed E-state index contributed by atoms with van der Waals surface area (Å²) in [5.41, 5.74) is 5.07. The molecule has 0 aliphatic heterocycles. The summed E-state index contributed by atoms with van der Waals surface area (Å²) in [5, 5.41) is 4.43. The molecule has 4 heterocycles. The van der Waals surface area contributed by atoms with Crippen LogP contribution in [0.5, 0.6) is 0 Å². The third-order valence-electron chi connectivity index (χ3n) is 5.75. The fraction of sp³-hybridized carbons (Fsp3) is 0.364. The first-order chi connectivity index (χ1) is 14.0. The molecule has 0 unspecified atom stereocenters. The molecular formula is C22H23FN6. The van der Waals surface area contributed by atoms with Crippen LogP contribution in [0.1, 0.15) is 31.4 Å². The summed E-state index contributed by atoms with van der Waals surface area (Å²) in [4.78, 5) is 13.7. The van der Waals surface area contributed by atoms with Gasteiger partial charge in [-0.3, -0.25) is 9.67 Å². The van der Waals surface area contributed by atoms with E-state index < -0.39 is 5.67 Å². The minimum absolute atomic E-state index is 0.309.